The number of aryl methyl sites for hydroxylation is 1. The molecule has 6 rings (SSSR count). The third-order valence-electron chi connectivity index (χ3n) is 6.72. The molecule has 4 aromatic heterocycles. The zero-order chi connectivity index (χ0) is 24.1. The van der Waals surface area contributed by atoms with Crippen molar-refractivity contribution in [3.8, 4) is 17.1 Å². The van der Waals surface area contributed by atoms with Crippen LogP contribution in [0.15, 0.2) is 42.9 Å². The third-order valence-corrected chi connectivity index (χ3v) is 6.72. The van der Waals surface area contributed by atoms with Crippen LogP contribution in [0.4, 0.5) is 10.3 Å². The van der Waals surface area contributed by atoms with Gasteiger partial charge in [-0.15, -0.1) is 0 Å². The Hall–Kier alpha value is -4.01. The van der Waals surface area contributed by atoms with Crippen molar-refractivity contribution in [2.75, 3.05) is 12.4 Å². The first kappa shape index (κ1) is 21.5. The Morgan fingerprint density at radius 2 is 2.09 bits per heavy atom. The zero-order valence-electron chi connectivity index (χ0n) is 19.8. The van der Waals surface area contributed by atoms with E-state index in [0.717, 1.165) is 36.1 Å². The summed E-state index contributed by atoms with van der Waals surface area (Å²) in [4.78, 5) is 17.0. The quantitative estimate of drug-likeness (QED) is 0.378. The molecule has 1 aliphatic rings. The van der Waals surface area contributed by atoms with E-state index in [-0.39, 0.29) is 12.0 Å². The lowest BCUT2D eigenvalue weighted by Crippen LogP contribution is -2.29. The number of hydrogen-bond donors (Lipinski definition) is 2. The van der Waals surface area contributed by atoms with Gasteiger partial charge >= 0.3 is 0 Å². The number of para-hydroxylation sites is 1. The van der Waals surface area contributed by atoms with Gasteiger partial charge in [-0.05, 0) is 42.9 Å². The normalized spacial score (nSPS) is 15.6. The standard InChI is InChI=1S/C26H26FN7O/c1-14(2)20-13-29-34-25(20)32-24(15-9-16(27)12-28-11-15)33-26(34)30-17-7-8-21-19(10-17)18-5-4-6-22(35-3)23(18)31-21/h4-6,9,11-14,17,31H,7-8,10H2,1-3H3,(H,30,32,33). The summed E-state index contributed by atoms with van der Waals surface area (Å²) in [7, 11) is 1.69. The van der Waals surface area contributed by atoms with E-state index in [2.05, 4.69) is 40.3 Å². The summed E-state index contributed by atoms with van der Waals surface area (Å²) in [5.74, 6) is 1.67. The van der Waals surface area contributed by atoms with E-state index >= 15 is 0 Å². The number of aromatic amines is 1. The summed E-state index contributed by atoms with van der Waals surface area (Å²) in [5, 5.41) is 9.38. The predicted molar refractivity (Wildman–Crippen MR) is 132 cm³/mol. The number of pyridine rings is 1. The topological polar surface area (TPSA) is 93.0 Å². The minimum atomic E-state index is -0.423. The minimum absolute atomic E-state index is 0.149. The molecule has 0 saturated carbocycles. The molecule has 0 bridgehead atoms. The second-order valence-corrected chi connectivity index (χ2v) is 9.30. The van der Waals surface area contributed by atoms with Crippen LogP contribution in [-0.4, -0.2) is 42.7 Å². The molecule has 5 aromatic rings. The fourth-order valence-corrected chi connectivity index (χ4v) is 4.95. The van der Waals surface area contributed by atoms with Crippen molar-refractivity contribution in [1.82, 2.24) is 29.5 Å². The van der Waals surface area contributed by atoms with Gasteiger partial charge in [-0.25, -0.2) is 9.37 Å². The van der Waals surface area contributed by atoms with Crippen molar-refractivity contribution in [1.29, 1.82) is 0 Å². The van der Waals surface area contributed by atoms with Crippen molar-refractivity contribution in [3.05, 3.63) is 65.5 Å². The maximum Gasteiger partial charge on any atom is 0.228 e. The molecule has 1 aliphatic carbocycles. The Morgan fingerprint density at radius 1 is 1.20 bits per heavy atom. The summed E-state index contributed by atoms with van der Waals surface area (Å²) in [5.41, 5.74) is 5.84. The molecule has 0 radical (unpaired) electrons. The van der Waals surface area contributed by atoms with E-state index in [0.29, 0.717) is 23.0 Å². The molecule has 1 aromatic carbocycles. The van der Waals surface area contributed by atoms with Gasteiger partial charge < -0.3 is 15.0 Å². The summed E-state index contributed by atoms with van der Waals surface area (Å²) in [6, 6.07) is 7.69. The van der Waals surface area contributed by atoms with Crippen LogP contribution in [0.2, 0.25) is 0 Å². The van der Waals surface area contributed by atoms with E-state index in [1.807, 2.05) is 18.3 Å². The number of benzene rings is 1. The average molecular weight is 472 g/mol. The van der Waals surface area contributed by atoms with Gasteiger partial charge in [0.05, 0.1) is 25.0 Å². The highest BCUT2D eigenvalue weighted by molar-refractivity contribution is 5.90. The van der Waals surface area contributed by atoms with Gasteiger partial charge in [-0.3, -0.25) is 4.98 Å². The van der Waals surface area contributed by atoms with Gasteiger partial charge in [-0.1, -0.05) is 26.0 Å². The number of halogens is 1. The lowest BCUT2D eigenvalue weighted by atomic mass is 9.91. The average Bonchev–Trinajstić information content (AvgIpc) is 3.45. The van der Waals surface area contributed by atoms with Crippen molar-refractivity contribution in [2.24, 2.45) is 0 Å². The fraction of sp³-hybridized carbons (Fsp3) is 0.308. The molecule has 0 fully saturated rings. The maximum atomic E-state index is 13.9. The van der Waals surface area contributed by atoms with Crippen LogP contribution in [-0.2, 0) is 12.8 Å². The molecule has 2 N–H and O–H groups in total. The van der Waals surface area contributed by atoms with E-state index in [4.69, 9.17) is 14.7 Å². The smallest absolute Gasteiger partial charge is 0.228 e. The Morgan fingerprint density at radius 3 is 2.89 bits per heavy atom. The molecule has 0 saturated heterocycles. The van der Waals surface area contributed by atoms with Crippen LogP contribution in [0.1, 0.15) is 43.0 Å². The number of anilines is 1. The molecule has 8 nitrogen and oxygen atoms in total. The van der Waals surface area contributed by atoms with Gasteiger partial charge in [0, 0.05) is 34.4 Å². The van der Waals surface area contributed by atoms with Crippen LogP contribution in [0.5, 0.6) is 5.75 Å². The van der Waals surface area contributed by atoms with Crippen LogP contribution in [0.25, 0.3) is 27.9 Å². The lowest BCUT2D eigenvalue weighted by Gasteiger charge is -2.24. The first-order chi connectivity index (χ1) is 17.0. The number of H-pyrrole nitrogens is 1. The summed E-state index contributed by atoms with van der Waals surface area (Å²) in [6.07, 6.45) is 7.27. The second kappa shape index (κ2) is 8.33. The van der Waals surface area contributed by atoms with Crippen LogP contribution in [0.3, 0.4) is 0 Å². The zero-order valence-corrected chi connectivity index (χ0v) is 19.8. The number of rotatable bonds is 5. The number of nitrogens with zero attached hydrogens (tertiary/aromatic N) is 5. The first-order valence-corrected chi connectivity index (χ1v) is 11.8. The molecular weight excluding hydrogens is 445 g/mol. The van der Waals surface area contributed by atoms with Crippen LogP contribution < -0.4 is 10.1 Å². The molecule has 0 spiro atoms. The molecule has 4 heterocycles. The van der Waals surface area contributed by atoms with E-state index in [9.17, 15) is 4.39 Å². The Labute approximate surface area is 201 Å². The number of fused-ring (bicyclic) bond motifs is 4. The van der Waals surface area contributed by atoms with Gasteiger partial charge in [0.2, 0.25) is 5.95 Å². The van der Waals surface area contributed by atoms with E-state index in [1.54, 1.807) is 17.8 Å². The van der Waals surface area contributed by atoms with Gasteiger partial charge in [-0.2, -0.15) is 14.6 Å². The third kappa shape index (κ3) is 3.67. The summed E-state index contributed by atoms with van der Waals surface area (Å²) in [6.45, 7) is 4.20. The monoisotopic (exact) mass is 471 g/mol. The summed E-state index contributed by atoms with van der Waals surface area (Å²) < 4.78 is 21.2. The second-order valence-electron chi connectivity index (χ2n) is 9.30. The Bertz CT molecular complexity index is 1550. The molecule has 9 heteroatoms. The number of nitrogens with one attached hydrogen (secondary N) is 2. The Balaban J connectivity index is 1.40. The minimum Gasteiger partial charge on any atom is -0.495 e. The van der Waals surface area contributed by atoms with Crippen LogP contribution >= 0.6 is 0 Å². The highest BCUT2D eigenvalue weighted by Gasteiger charge is 2.25. The number of hydrogen-bond acceptors (Lipinski definition) is 6. The summed E-state index contributed by atoms with van der Waals surface area (Å²) >= 11 is 0. The van der Waals surface area contributed by atoms with Crippen molar-refractivity contribution < 1.29 is 9.13 Å². The van der Waals surface area contributed by atoms with Gasteiger partial charge in [0.1, 0.15) is 11.6 Å². The van der Waals surface area contributed by atoms with Crippen LogP contribution in [0, 0.1) is 5.82 Å². The first-order valence-electron chi connectivity index (χ1n) is 11.8. The molecule has 0 amide bonds. The molecular formula is C26H26FN7O. The lowest BCUT2D eigenvalue weighted by molar-refractivity contribution is 0.419. The molecule has 178 valence electrons. The van der Waals surface area contributed by atoms with Crippen molar-refractivity contribution in [3.63, 3.8) is 0 Å². The van der Waals surface area contributed by atoms with Crippen molar-refractivity contribution >= 4 is 22.5 Å². The number of aromatic nitrogens is 6. The van der Waals surface area contributed by atoms with Gasteiger partial charge in [0.15, 0.2) is 11.5 Å². The highest BCUT2D eigenvalue weighted by atomic mass is 19.1. The molecule has 0 aliphatic heterocycles. The number of methoxy groups -OCH3 is 1. The fourth-order valence-electron chi connectivity index (χ4n) is 4.95. The predicted octanol–water partition coefficient (Wildman–Crippen LogP) is 4.91. The molecule has 1 atom stereocenters. The van der Waals surface area contributed by atoms with E-state index in [1.165, 1.54) is 28.9 Å². The van der Waals surface area contributed by atoms with E-state index < -0.39 is 5.82 Å². The van der Waals surface area contributed by atoms with Gasteiger partial charge in [0.25, 0.3) is 0 Å². The largest absolute Gasteiger partial charge is 0.495 e. The Kier molecular flexibility index (Phi) is 5.12. The molecule has 1 unspecified atom stereocenters. The maximum absolute atomic E-state index is 13.9. The highest BCUT2D eigenvalue weighted by Crippen LogP contribution is 2.34. The van der Waals surface area contributed by atoms with Crippen molar-refractivity contribution in [2.45, 2.75) is 45.1 Å². The number of ether oxygens (including phenoxy) is 1. The molecule has 35 heavy (non-hydrogen) atoms. The SMILES string of the molecule is COc1cccc2c3c([nH]c12)CCC(Nc1nc(-c2cncc(F)c2)nc2c(C(C)C)cnn12)C3.